The fourth-order valence-electron chi connectivity index (χ4n) is 3.33. The number of carbonyl (C=O) groups is 2. The molecule has 40 heavy (non-hydrogen) atoms. The van der Waals surface area contributed by atoms with Gasteiger partial charge in [-0.2, -0.15) is 4.98 Å². The van der Waals surface area contributed by atoms with E-state index in [9.17, 15) is 14.0 Å². The molecule has 0 spiro atoms. The second-order valence-electron chi connectivity index (χ2n) is 9.34. The number of ether oxygens (including phenoxy) is 1. The first-order chi connectivity index (χ1) is 19.2. The fraction of sp³-hybridized carbons (Fsp3) is 0.448. The highest BCUT2D eigenvalue weighted by Gasteiger charge is 2.20. The Bertz CT molecular complexity index is 1220. The zero-order chi connectivity index (χ0) is 29.5. The van der Waals surface area contributed by atoms with Gasteiger partial charge in [0, 0.05) is 50.9 Å². The highest BCUT2D eigenvalue weighted by molar-refractivity contribution is 5.92. The lowest BCUT2D eigenvalue weighted by Crippen LogP contribution is -2.45. The van der Waals surface area contributed by atoms with Gasteiger partial charge in [-0.15, -0.1) is 0 Å². The van der Waals surface area contributed by atoms with Crippen molar-refractivity contribution in [2.45, 2.75) is 39.2 Å². The summed E-state index contributed by atoms with van der Waals surface area (Å²) in [5.74, 6) is 6.31. The maximum atomic E-state index is 14.0. The molecule has 0 aliphatic carbocycles. The topological polar surface area (TPSA) is 112 Å². The Morgan fingerprint density at radius 1 is 1.23 bits per heavy atom. The van der Waals surface area contributed by atoms with E-state index in [4.69, 9.17) is 4.74 Å². The lowest BCUT2D eigenvalue weighted by atomic mass is 10.2. The van der Waals surface area contributed by atoms with Crippen molar-refractivity contribution in [1.82, 2.24) is 25.1 Å². The van der Waals surface area contributed by atoms with Crippen molar-refractivity contribution in [3.05, 3.63) is 47.9 Å². The molecule has 0 bridgehead atoms. The Hall–Kier alpha value is -4.17. The van der Waals surface area contributed by atoms with Gasteiger partial charge in [-0.3, -0.25) is 9.59 Å². The van der Waals surface area contributed by atoms with Crippen molar-refractivity contribution in [3.8, 4) is 17.6 Å². The van der Waals surface area contributed by atoms with Crippen LogP contribution in [-0.4, -0.2) is 85.5 Å². The van der Waals surface area contributed by atoms with Gasteiger partial charge in [0.15, 0.2) is 11.6 Å². The molecule has 0 aliphatic rings. The van der Waals surface area contributed by atoms with Gasteiger partial charge in [-0.05, 0) is 46.0 Å². The number of methoxy groups -OCH3 is 1. The van der Waals surface area contributed by atoms with Crippen LogP contribution in [0.5, 0.6) is 5.75 Å². The maximum Gasteiger partial charge on any atom is 0.246 e. The van der Waals surface area contributed by atoms with Crippen molar-refractivity contribution < 1.29 is 18.7 Å². The van der Waals surface area contributed by atoms with Crippen LogP contribution in [0.25, 0.3) is 0 Å². The minimum Gasteiger partial charge on any atom is -0.494 e. The molecule has 1 heterocycles. The number of carbonyl (C=O) groups excluding carboxylic acids is 2. The van der Waals surface area contributed by atoms with E-state index in [1.807, 2.05) is 25.9 Å². The van der Waals surface area contributed by atoms with E-state index in [0.29, 0.717) is 55.5 Å². The van der Waals surface area contributed by atoms with Crippen molar-refractivity contribution in [2.24, 2.45) is 0 Å². The number of hydrogen-bond donors (Lipinski definition) is 3. The zero-order valence-electron chi connectivity index (χ0n) is 24.2. The Labute approximate surface area is 236 Å². The molecule has 0 unspecified atom stereocenters. The molecular formula is C29H40FN7O3. The molecule has 0 radical (unpaired) electrons. The first-order valence-electron chi connectivity index (χ1n) is 13.2. The summed E-state index contributed by atoms with van der Waals surface area (Å²) < 4.78 is 19.0. The summed E-state index contributed by atoms with van der Waals surface area (Å²) in [6.07, 6.45) is 6.96. The number of rotatable bonds is 14. The number of anilines is 3. The molecule has 1 aromatic carbocycles. The third kappa shape index (κ3) is 10.5. The fourth-order valence-corrected chi connectivity index (χ4v) is 3.33. The molecule has 3 N–H and O–H groups in total. The van der Waals surface area contributed by atoms with Crippen LogP contribution < -0.4 is 20.7 Å². The number of halogens is 1. The lowest BCUT2D eigenvalue weighted by Gasteiger charge is -2.23. The van der Waals surface area contributed by atoms with E-state index in [-0.39, 0.29) is 17.6 Å². The summed E-state index contributed by atoms with van der Waals surface area (Å²) in [5, 5.41) is 9.11. The average Bonchev–Trinajstić information content (AvgIpc) is 2.93. The molecule has 0 saturated carbocycles. The van der Waals surface area contributed by atoms with Gasteiger partial charge in [-0.25, -0.2) is 9.37 Å². The molecule has 0 saturated heterocycles. The van der Waals surface area contributed by atoms with Gasteiger partial charge in [0.1, 0.15) is 11.9 Å². The summed E-state index contributed by atoms with van der Waals surface area (Å²) in [6, 6.07) is 3.93. The Morgan fingerprint density at radius 2 is 2.00 bits per heavy atom. The summed E-state index contributed by atoms with van der Waals surface area (Å²) >= 11 is 0. The van der Waals surface area contributed by atoms with Gasteiger partial charge >= 0.3 is 0 Å². The lowest BCUT2D eigenvalue weighted by molar-refractivity contribution is -0.135. The van der Waals surface area contributed by atoms with E-state index in [1.165, 1.54) is 30.2 Å². The largest absolute Gasteiger partial charge is 0.494 e. The van der Waals surface area contributed by atoms with Gasteiger partial charge in [0.2, 0.25) is 17.8 Å². The molecule has 1 aromatic heterocycles. The Balaban J connectivity index is 1.90. The van der Waals surface area contributed by atoms with E-state index in [0.717, 1.165) is 6.42 Å². The van der Waals surface area contributed by atoms with Gasteiger partial charge in [0.05, 0.1) is 18.9 Å². The van der Waals surface area contributed by atoms with Crippen molar-refractivity contribution in [2.75, 3.05) is 58.5 Å². The number of aromatic nitrogens is 2. The highest BCUT2D eigenvalue weighted by atomic mass is 19.1. The van der Waals surface area contributed by atoms with Crippen LogP contribution in [-0.2, 0) is 9.59 Å². The van der Waals surface area contributed by atoms with Crippen LogP contribution in [0.1, 0.15) is 38.7 Å². The molecule has 10 nitrogen and oxygen atoms in total. The van der Waals surface area contributed by atoms with E-state index in [1.54, 1.807) is 32.3 Å². The standard InChI is InChI=1S/C29H40FN7O3/c1-7-16-31-27-22(20-33-29(35-27)34-23-14-15-25(40-6)24(30)19-23)12-9-8-10-17-32-28(39)21(2)37(5)26(38)13-11-18-36(3)4/h11,13-15,19-21H,7-8,10,16-18H2,1-6H3,(H,32,39)(H2,31,33,34,35)/t21-/m0/s1. The van der Waals surface area contributed by atoms with Crippen LogP contribution in [0.4, 0.5) is 21.8 Å². The van der Waals surface area contributed by atoms with Gasteiger partial charge in [0.25, 0.3) is 0 Å². The molecule has 2 rings (SSSR count). The molecule has 2 amide bonds. The predicted molar refractivity (Wildman–Crippen MR) is 156 cm³/mol. The number of nitrogens with one attached hydrogen (secondary N) is 3. The molecule has 0 aliphatic heterocycles. The summed E-state index contributed by atoms with van der Waals surface area (Å²) in [7, 11) is 6.85. The highest BCUT2D eigenvalue weighted by Crippen LogP contribution is 2.23. The van der Waals surface area contributed by atoms with E-state index in [2.05, 4.69) is 37.8 Å². The van der Waals surface area contributed by atoms with Crippen LogP contribution in [0.15, 0.2) is 36.5 Å². The SMILES string of the molecule is CCCNc1nc(Nc2ccc(OC)c(F)c2)ncc1C#CCCCNC(=O)[C@H](C)N(C)C(=O)C=CCN(C)C. The van der Waals surface area contributed by atoms with Crippen molar-refractivity contribution in [1.29, 1.82) is 0 Å². The van der Waals surface area contributed by atoms with Crippen molar-refractivity contribution in [3.63, 3.8) is 0 Å². The monoisotopic (exact) mass is 553 g/mol. The molecule has 0 fully saturated rings. The number of benzene rings is 1. The van der Waals surface area contributed by atoms with Crippen LogP contribution in [0, 0.1) is 17.7 Å². The number of unbranched alkanes of at least 4 members (excludes halogenated alkanes) is 1. The summed E-state index contributed by atoms with van der Waals surface area (Å²) in [4.78, 5) is 36.9. The third-order valence-electron chi connectivity index (χ3n) is 5.78. The molecular weight excluding hydrogens is 513 g/mol. The summed E-state index contributed by atoms with van der Waals surface area (Å²) in [5.41, 5.74) is 1.13. The van der Waals surface area contributed by atoms with Crippen LogP contribution in [0.3, 0.4) is 0 Å². The Kier molecular flexibility index (Phi) is 13.4. The number of hydrogen-bond acceptors (Lipinski definition) is 8. The quantitative estimate of drug-likeness (QED) is 0.185. The average molecular weight is 554 g/mol. The molecule has 11 heteroatoms. The Morgan fingerprint density at radius 3 is 2.67 bits per heavy atom. The first-order valence-corrected chi connectivity index (χ1v) is 13.2. The minimum absolute atomic E-state index is 0.155. The van der Waals surface area contributed by atoms with Gasteiger partial charge < -0.3 is 30.5 Å². The number of nitrogens with zero attached hydrogens (tertiary/aromatic N) is 4. The summed E-state index contributed by atoms with van der Waals surface area (Å²) in [6.45, 7) is 5.53. The first kappa shape index (κ1) is 32.0. The second-order valence-corrected chi connectivity index (χ2v) is 9.34. The predicted octanol–water partition coefficient (Wildman–Crippen LogP) is 3.40. The molecule has 2 aromatic rings. The zero-order valence-corrected chi connectivity index (χ0v) is 24.2. The van der Waals surface area contributed by atoms with E-state index >= 15 is 0 Å². The van der Waals surface area contributed by atoms with Crippen LogP contribution >= 0.6 is 0 Å². The second kappa shape index (κ2) is 16.7. The van der Waals surface area contributed by atoms with Crippen LogP contribution in [0.2, 0.25) is 0 Å². The molecule has 216 valence electrons. The maximum absolute atomic E-state index is 14.0. The molecule has 1 atom stereocenters. The smallest absolute Gasteiger partial charge is 0.246 e. The normalized spacial score (nSPS) is 11.5. The third-order valence-corrected chi connectivity index (χ3v) is 5.78. The van der Waals surface area contributed by atoms with Crippen molar-refractivity contribution >= 4 is 29.3 Å². The van der Waals surface area contributed by atoms with Gasteiger partial charge in [-0.1, -0.05) is 24.8 Å². The van der Waals surface area contributed by atoms with E-state index < -0.39 is 11.9 Å². The minimum atomic E-state index is -0.589. The number of amides is 2. The number of likely N-dealkylation sites (N-methyl/N-ethyl adjacent to an activating group) is 2.